The summed E-state index contributed by atoms with van der Waals surface area (Å²) < 4.78 is 15.7. The molecule has 2 aliphatic rings. The summed E-state index contributed by atoms with van der Waals surface area (Å²) in [4.78, 5) is 26.3. The first-order chi connectivity index (χ1) is 14.8. The first-order valence-corrected chi connectivity index (χ1v) is 11.2. The van der Waals surface area contributed by atoms with Crippen molar-refractivity contribution in [2.75, 3.05) is 19.2 Å². The van der Waals surface area contributed by atoms with Gasteiger partial charge >= 0.3 is 5.97 Å². The molecule has 31 heavy (non-hydrogen) atoms. The molecule has 1 atom stereocenters. The topological polar surface area (TPSA) is 73.9 Å². The summed E-state index contributed by atoms with van der Waals surface area (Å²) in [5.74, 6) is 1.20. The van der Waals surface area contributed by atoms with Crippen LogP contribution >= 0.6 is 11.3 Å². The molecule has 1 aromatic carbocycles. The van der Waals surface area contributed by atoms with Crippen molar-refractivity contribution >= 4 is 34.3 Å². The van der Waals surface area contributed by atoms with Gasteiger partial charge in [-0.1, -0.05) is 26.8 Å². The molecular weight excluding hydrogens is 414 g/mol. The minimum absolute atomic E-state index is 0.198. The lowest BCUT2D eigenvalue weighted by Crippen LogP contribution is -2.26. The predicted molar refractivity (Wildman–Crippen MR) is 121 cm³/mol. The summed E-state index contributed by atoms with van der Waals surface area (Å²) in [6.07, 6.45) is 5.92. The number of nitrogens with one attached hydrogen (secondary N) is 1. The smallest absolute Gasteiger partial charge is 0.341 e. The minimum Gasteiger partial charge on any atom is -0.465 e. The number of esters is 1. The van der Waals surface area contributed by atoms with Gasteiger partial charge in [0, 0.05) is 11.0 Å². The largest absolute Gasteiger partial charge is 0.465 e. The van der Waals surface area contributed by atoms with Gasteiger partial charge in [-0.3, -0.25) is 4.79 Å². The molecule has 6 nitrogen and oxygen atoms in total. The summed E-state index contributed by atoms with van der Waals surface area (Å²) >= 11 is 1.49. The van der Waals surface area contributed by atoms with E-state index < -0.39 is 5.97 Å². The molecular formula is C24H27NO5S. The van der Waals surface area contributed by atoms with E-state index in [-0.39, 0.29) is 18.1 Å². The molecule has 2 aromatic rings. The van der Waals surface area contributed by atoms with Crippen LogP contribution in [0, 0.1) is 11.3 Å². The Bertz CT molecular complexity index is 1050. The highest BCUT2D eigenvalue weighted by atomic mass is 32.1. The van der Waals surface area contributed by atoms with Crippen LogP contribution in [0.1, 0.15) is 53.6 Å². The van der Waals surface area contributed by atoms with Gasteiger partial charge in [0.15, 0.2) is 11.5 Å². The highest BCUT2D eigenvalue weighted by Gasteiger charge is 2.34. The van der Waals surface area contributed by atoms with Gasteiger partial charge in [-0.05, 0) is 59.9 Å². The summed E-state index contributed by atoms with van der Waals surface area (Å²) in [6, 6.07) is 5.49. The second-order valence-corrected chi connectivity index (χ2v) is 10.0. The standard InChI is InChI=1S/C24H27NO5S/c1-24(2,3)15-7-8-16-19(12-15)31-22(21(16)23(27)28-4)25-20(26)10-6-14-5-9-17-18(11-14)30-13-29-17/h5-6,9-11,15H,7-8,12-13H2,1-4H3,(H,25,26). The molecule has 0 fully saturated rings. The van der Waals surface area contributed by atoms with Crippen molar-refractivity contribution in [1.82, 2.24) is 0 Å². The zero-order valence-corrected chi connectivity index (χ0v) is 19.1. The minimum atomic E-state index is -0.401. The Morgan fingerprint density at radius 1 is 1.23 bits per heavy atom. The van der Waals surface area contributed by atoms with Gasteiger partial charge in [0.2, 0.25) is 12.7 Å². The fourth-order valence-electron chi connectivity index (χ4n) is 4.07. The number of fused-ring (bicyclic) bond motifs is 2. The zero-order chi connectivity index (χ0) is 22.2. The third-order valence-electron chi connectivity index (χ3n) is 5.94. The average molecular weight is 442 g/mol. The molecule has 0 saturated carbocycles. The summed E-state index contributed by atoms with van der Waals surface area (Å²) in [5.41, 5.74) is 2.54. The molecule has 164 valence electrons. The molecule has 4 rings (SSSR count). The Labute approximate surface area is 186 Å². The molecule has 7 heteroatoms. The van der Waals surface area contributed by atoms with E-state index >= 15 is 0 Å². The number of hydrogen-bond donors (Lipinski definition) is 1. The van der Waals surface area contributed by atoms with Gasteiger partial charge in [-0.25, -0.2) is 4.79 Å². The van der Waals surface area contributed by atoms with E-state index in [0.717, 1.165) is 30.4 Å². The van der Waals surface area contributed by atoms with Gasteiger partial charge in [0.05, 0.1) is 12.7 Å². The number of hydrogen-bond acceptors (Lipinski definition) is 6. The Hall–Kier alpha value is -2.80. The Morgan fingerprint density at radius 2 is 2.00 bits per heavy atom. The van der Waals surface area contributed by atoms with Crippen molar-refractivity contribution in [2.24, 2.45) is 11.3 Å². The van der Waals surface area contributed by atoms with Crippen LogP contribution < -0.4 is 14.8 Å². The number of amides is 1. The van der Waals surface area contributed by atoms with Crippen molar-refractivity contribution < 1.29 is 23.8 Å². The Morgan fingerprint density at radius 3 is 2.74 bits per heavy atom. The normalized spacial score (nSPS) is 17.5. The molecule has 0 radical (unpaired) electrons. The lowest BCUT2D eigenvalue weighted by Gasteiger charge is -2.33. The number of carbonyl (C=O) groups is 2. The van der Waals surface area contributed by atoms with Crippen LogP contribution in [0.5, 0.6) is 11.5 Å². The van der Waals surface area contributed by atoms with Crippen molar-refractivity contribution in [3.63, 3.8) is 0 Å². The molecule has 1 amide bonds. The van der Waals surface area contributed by atoms with Crippen LogP contribution in [0.4, 0.5) is 5.00 Å². The second kappa shape index (κ2) is 8.38. The monoisotopic (exact) mass is 441 g/mol. The molecule has 0 spiro atoms. The molecule has 0 bridgehead atoms. The van der Waals surface area contributed by atoms with E-state index in [2.05, 4.69) is 26.1 Å². The van der Waals surface area contributed by atoms with E-state index in [4.69, 9.17) is 14.2 Å². The fraction of sp³-hybridized carbons (Fsp3) is 0.417. The maximum absolute atomic E-state index is 12.6. The number of ether oxygens (including phenoxy) is 3. The van der Waals surface area contributed by atoms with Crippen molar-refractivity contribution in [3.05, 3.63) is 45.8 Å². The van der Waals surface area contributed by atoms with Crippen LogP contribution in [0.25, 0.3) is 6.08 Å². The maximum Gasteiger partial charge on any atom is 0.341 e. The van der Waals surface area contributed by atoms with Crippen molar-refractivity contribution in [2.45, 2.75) is 40.0 Å². The second-order valence-electron chi connectivity index (χ2n) is 8.94. The van der Waals surface area contributed by atoms with Crippen molar-refractivity contribution in [3.8, 4) is 11.5 Å². The maximum atomic E-state index is 12.6. The molecule has 1 aliphatic heterocycles. The predicted octanol–water partition coefficient (Wildman–Crippen LogP) is 5.07. The fourth-order valence-corrected chi connectivity index (χ4v) is 5.39. The van der Waals surface area contributed by atoms with Gasteiger partial charge < -0.3 is 19.5 Å². The van der Waals surface area contributed by atoms with Gasteiger partial charge in [-0.15, -0.1) is 11.3 Å². The van der Waals surface area contributed by atoms with Crippen LogP contribution in [0.2, 0.25) is 0 Å². The van der Waals surface area contributed by atoms with E-state index in [1.807, 2.05) is 18.2 Å². The highest BCUT2D eigenvalue weighted by molar-refractivity contribution is 7.17. The molecule has 1 aromatic heterocycles. The Kier molecular flexibility index (Phi) is 5.79. The number of anilines is 1. The highest BCUT2D eigenvalue weighted by Crippen LogP contribution is 2.44. The van der Waals surface area contributed by atoms with Crippen LogP contribution in [-0.2, 0) is 22.4 Å². The quantitative estimate of drug-likeness (QED) is 0.530. The lowest BCUT2D eigenvalue weighted by molar-refractivity contribution is -0.111. The molecule has 1 aliphatic carbocycles. The van der Waals surface area contributed by atoms with Crippen LogP contribution in [0.3, 0.4) is 0 Å². The first kappa shape index (κ1) is 21.4. The third-order valence-corrected chi connectivity index (χ3v) is 7.11. The SMILES string of the molecule is COC(=O)c1c(NC(=O)C=Cc2ccc3c(c2)OCO3)sc2c1CCC(C(C)(C)C)C2. The van der Waals surface area contributed by atoms with E-state index in [1.165, 1.54) is 29.4 Å². The van der Waals surface area contributed by atoms with E-state index in [9.17, 15) is 9.59 Å². The van der Waals surface area contributed by atoms with E-state index in [1.54, 1.807) is 6.08 Å². The summed E-state index contributed by atoms with van der Waals surface area (Å²) in [7, 11) is 1.37. The van der Waals surface area contributed by atoms with Gasteiger partial charge in [-0.2, -0.15) is 0 Å². The van der Waals surface area contributed by atoms with Crippen LogP contribution in [0.15, 0.2) is 24.3 Å². The Balaban J connectivity index is 1.54. The molecule has 2 heterocycles. The number of benzene rings is 1. The number of carbonyl (C=O) groups excluding carboxylic acids is 2. The summed E-state index contributed by atoms with van der Waals surface area (Å²) in [5, 5.41) is 3.46. The summed E-state index contributed by atoms with van der Waals surface area (Å²) in [6.45, 7) is 6.96. The van der Waals surface area contributed by atoms with Crippen molar-refractivity contribution in [1.29, 1.82) is 0 Å². The van der Waals surface area contributed by atoms with Crippen LogP contribution in [-0.4, -0.2) is 25.8 Å². The van der Waals surface area contributed by atoms with Gasteiger partial charge in [0.1, 0.15) is 5.00 Å². The average Bonchev–Trinajstić information content (AvgIpc) is 3.34. The van der Waals surface area contributed by atoms with E-state index in [0.29, 0.717) is 28.0 Å². The third kappa shape index (κ3) is 4.46. The molecule has 1 unspecified atom stereocenters. The molecule has 1 N–H and O–H groups in total. The molecule has 0 saturated heterocycles. The number of rotatable bonds is 4. The van der Waals surface area contributed by atoms with Gasteiger partial charge in [0.25, 0.3) is 0 Å². The number of methoxy groups -OCH3 is 1. The first-order valence-electron chi connectivity index (χ1n) is 10.4. The number of thiophene rings is 1. The zero-order valence-electron chi connectivity index (χ0n) is 18.2. The lowest BCUT2D eigenvalue weighted by atomic mass is 9.72.